The van der Waals surface area contributed by atoms with Crippen LogP contribution in [0, 0.1) is 10.1 Å². The van der Waals surface area contributed by atoms with Crippen molar-refractivity contribution in [2.75, 3.05) is 20.8 Å². The van der Waals surface area contributed by atoms with Crippen molar-refractivity contribution in [2.45, 2.75) is 17.9 Å². The summed E-state index contributed by atoms with van der Waals surface area (Å²) in [5.74, 6) is -0.659. The number of rotatable bonds is 8. The minimum atomic E-state index is -4.35. The predicted molar refractivity (Wildman–Crippen MR) is 85.2 cm³/mol. The van der Waals surface area contributed by atoms with Gasteiger partial charge >= 0.3 is 5.97 Å². The first-order valence-corrected chi connectivity index (χ1v) is 8.17. The summed E-state index contributed by atoms with van der Waals surface area (Å²) >= 11 is 0. The topological polar surface area (TPSA) is 116 Å². The fourth-order valence-electron chi connectivity index (χ4n) is 1.99. The predicted octanol–water partition coefficient (Wildman–Crippen LogP) is 1.34. The van der Waals surface area contributed by atoms with Gasteiger partial charge in [-0.1, -0.05) is 6.08 Å². The summed E-state index contributed by atoms with van der Waals surface area (Å²) in [6.45, 7) is 4.55. The number of hydrogen-bond donors (Lipinski definition) is 0. The van der Waals surface area contributed by atoms with Crippen LogP contribution in [0.3, 0.4) is 0 Å². The van der Waals surface area contributed by atoms with Gasteiger partial charge in [0.25, 0.3) is 15.7 Å². The molecule has 0 saturated carbocycles. The highest BCUT2D eigenvalue weighted by Gasteiger charge is 2.37. The summed E-state index contributed by atoms with van der Waals surface area (Å²) in [6, 6.07) is 2.17. The quantitative estimate of drug-likeness (QED) is 0.298. The summed E-state index contributed by atoms with van der Waals surface area (Å²) in [4.78, 5) is 21.6. The monoisotopic (exact) mass is 358 g/mol. The van der Waals surface area contributed by atoms with Gasteiger partial charge in [-0.15, -0.1) is 6.58 Å². The second-order valence-electron chi connectivity index (χ2n) is 4.65. The van der Waals surface area contributed by atoms with E-state index in [-0.39, 0.29) is 12.3 Å². The van der Waals surface area contributed by atoms with Crippen LogP contribution in [-0.4, -0.2) is 50.4 Å². The van der Waals surface area contributed by atoms with E-state index in [0.717, 1.165) is 23.5 Å². The van der Waals surface area contributed by atoms with Crippen LogP contribution in [0.1, 0.15) is 6.92 Å². The molecular weight excluding hydrogens is 340 g/mol. The zero-order valence-corrected chi connectivity index (χ0v) is 14.3. The van der Waals surface area contributed by atoms with E-state index in [2.05, 4.69) is 11.3 Å². The average Bonchev–Trinajstić information content (AvgIpc) is 2.57. The molecule has 0 aliphatic carbocycles. The summed E-state index contributed by atoms with van der Waals surface area (Å²) in [6.07, 6.45) is 1.27. The number of ether oxygens (including phenoxy) is 2. The van der Waals surface area contributed by atoms with Crippen molar-refractivity contribution in [3.05, 3.63) is 41.0 Å². The Labute approximate surface area is 139 Å². The van der Waals surface area contributed by atoms with E-state index in [9.17, 15) is 23.3 Å². The van der Waals surface area contributed by atoms with Crippen molar-refractivity contribution in [1.82, 2.24) is 4.31 Å². The minimum absolute atomic E-state index is 0.136. The maximum absolute atomic E-state index is 12.8. The summed E-state index contributed by atoms with van der Waals surface area (Å²) in [5, 5.41) is 11.2. The number of methoxy groups -OCH3 is 2. The molecule has 0 unspecified atom stereocenters. The molecule has 0 aliphatic heterocycles. The van der Waals surface area contributed by atoms with Crippen LogP contribution in [0.4, 0.5) is 5.69 Å². The van der Waals surface area contributed by atoms with Gasteiger partial charge in [-0.05, 0) is 19.1 Å². The fourth-order valence-corrected chi connectivity index (χ4v) is 3.69. The Balaban J connectivity index is 3.52. The normalized spacial score (nSPS) is 12.5. The van der Waals surface area contributed by atoms with Crippen LogP contribution >= 0.6 is 0 Å². The third kappa shape index (κ3) is 3.89. The summed E-state index contributed by atoms with van der Waals surface area (Å²) in [5.41, 5.74) is -0.652. The minimum Gasteiger partial charge on any atom is -0.497 e. The molecule has 0 spiro atoms. The van der Waals surface area contributed by atoms with Crippen LogP contribution in [0.2, 0.25) is 0 Å². The Morgan fingerprint density at radius 1 is 1.46 bits per heavy atom. The van der Waals surface area contributed by atoms with Gasteiger partial charge in [0, 0.05) is 6.54 Å². The first-order valence-electron chi connectivity index (χ1n) is 6.73. The van der Waals surface area contributed by atoms with E-state index in [0.29, 0.717) is 0 Å². The van der Waals surface area contributed by atoms with E-state index in [4.69, 9.17) is 4.74 Å². The van der Waals surface area contributed by atoms with Gasteiger partial charge in [0.05, 0.1) is 25.2 Å². The Hall–Kier alpha value is -2.46. The highest BCUT2D eigenvalue weighted by atomic mass is 32.2. The van der Waals surface area contributed by atoms with Crippen LogP contribution in [0.5, 0.6) is 5.75 Å². The number of benzene rings is 1. The van der Waals surface area contributed by atoms with Crippen molar-refractivity contribution >= 4 is 21.7 Å². The number of nitro benzene ring substituents is 1. The Bertz CT molecular complexity index is 745. The molecule has 0 fully saturated rings. The highest BCUT2D eigenvalue weighted by Crippen LogP contribution is 2.31. The fraction of sp³-hybridized carbons (Fsp3) is 0.357. The summed E-state index contributed by atoms with van der Waals surface area (Å²) in [7, 11) is -1.93. The van der Waals surface area contributed by atoms with Crippen molar-refractivity contribution in [3.63, 3.8) is 0 Å². The third-order valence-corrected chi connectivity index (χ3v) is 5.22. The van der Waals surface area contributed by atoms with Crippen molar-refractivity contribution < 1.29 is 27.6 Å². The zero-order chi connectivity index (χ0) is 18.5. The third-order valence-electron chi connectivity index (χ3n) is 3.23. The standard InChI is InChI=1S/C14H18N2O7S/c1-5-8-15(10(2)14(17)23-4)24(20,21)13-7-6-11(22-3)9-12(13)16(18)19/h5-7,9-10H,1,8H2,2-4H3/t10-/m1/s1. The van der Waals surface area contributed by atoms with Gasteiger partial charge < -0.3 is 9.47 Å². The van der Waals surface area contributed by atoms with Crippen molar-refractivity contribution in [3.8, 4) is 5.75 Å². The molecule has 1 atom stereocenters. The number of carbonyl (C=O) groups excluding carboxylic acids is 1. The van der Waals surface area contributed by atoms with E-state index in [1.807, 2.05) is 0 Å². The number of nitrogens with zero attached hydrogens (tertiary/aromatic N) is 2. The molecule has 1 aromatic rings. The van der Waals surface area contributed by atoms with E-state index in [1.54, 1.807) is 0 Å². The van der Waals surface area contributed by atoms with Gasteiger partial charge in [-0.3, -0.25) is 14.9 Å². The highest BCUT2D eigenvalue weighted by molar-refractivity contribution is 7.89. The van der Waals surface area contributed by atoms with Gasteiger partial charge in [0.1, 0.15) is 11.8 Å². The number of sulfonamides is 1. The lowest BCUT2D eigenvalue weighted by atomic mass is 10.3. The molecule has 0 amide bonds. The summed E-state index contributed by atoms with van der Waals surface area (Å²) < 4.78 is 35.9. The molecule has 24 heavy (non-hydrogen) atoms. The number of carbonyl (C=O) groups is 1. The second kappa shape index (κ2) is 7.88. The number of esters is 1. The molecular formula is C14H18N2O7S. The Kier molecular flexibility index (Phi) is 6.43. The molecule has 0 bridgehead atoms. The zero-order valence-electron chi connectivity index (χ0n) is 13.5. The van der Waals surface area contributed by atoms with Crippen LogP contribution in [0.25, 0.3) is 0 Å². The SMILES string of the molecule is C=CCN([C@H](C)C(=O)OC)S(=O)(=O)c1ccc(OC)cc1[N+](=O)[O-]. The Morgan fingerprint density at radius 2 is 2.08 bits per heavy atom. The number of nitro groups is 1. The van der Waals surface area contributed by atoms with Gasteiger partial charge in [-0.2, -0.15) is 4.31 Å². The lowest BCUT2D eigenvalue weighted by Crippen LogP contribution is -2.43. The number of hydrogen-bond acceptors (Lipinski definition) is 7. The molecule has 0 saturated heterocycles. The molecule has 0 N–H and O–H groups in total. The van der Waals surface area contributed by atoms with Crippen LogP contribution in [-0.2, 0) is 19.6 Å². The molecule has 132 valence electrons. The molecule has 0 aromatic heterocycles. The smallest absolute Gasteiger partial charge is 0.323 e. The molecule has 0 aliphatic rings. The van der Waals surface area contributed by atoms with Crippen molar-refractivity contribution in [1.29, 1.82) is 0 Å². The van der Waals surface area contributed by atoms with E-state index in [1.165, 1.54) is 26.2 Å². The first-order chi connectivity index (χ1) is 11.2. The first kappa shape index (κ1) is 19.6. The van der Waals surface area contributed by atoms with Crippen molar-refractivity contribution in [2.24, 2.45) is 0 Å². The molecule has 1 aromatic carbocycles. The molecule has 10 heteroatoms. The lowest BCUT2D eigenvalue weighted by Gasteiger charge is -2.25. The lowest BCUT2D eigenvalue weighted by molar-refractivity contribution is -0.387. The largest absolute Gasteiger partial charge is 0.497 e. The van der Waals surface area contributed by atoms with Gasteiger partial charge in [-0.25, -0.2) is 8.42 Å². The maximum atomic E-state index is 12.8. The molecule has 9 nitrogen and oxygen atoms in total. The molecule has 0 heterocycles. The van der Waals surface area contributed by atoms with E-state index < -0.39 is 37.5 Å². The average molecular weight is 358 g/mol. The Morgan fingerprint density at radius 3 is 2.54 bits per heavy atom. The van der Waals surface area contributed by atoms with Gasteiger partial charge in [0.15, 0.2) is 4.90 Å². The van der Waals surface area contributed by atoms with E-state index >= 15 is 0 Å². The van der Waals surface area contributed by atoms with Crippen LogP contribution < -0.4 is 4.74 Å². The van der Waals surface area contributed by atoms with Gasteiger partial charge in [0.2, 0.25) is 0 Å². The second-order valence-corrected chi connectivity index (χ2v) is 6.51. The molecule has 0 radical (unpaired) electrons. The molecule has 1 rings (SSSR count). The van der Waals surface area contributed by atoms with Crippen LogP contribution in [0.15, 0.2) is 35.7 Å². The maximum Gasteiger partial charge on any atom is 0.323 e.